The van der Waals surface area contributed by atoms with Gasteiger partial charge in [0, 0.05) is 0 Å². The van der Waals surface area contributed by atoms with Gasteiger partial charge in [0.25, 0.3) is 0 Å². The summed E-state index contributed by atoms with van der Waals surface area (Å²) < 4.78 is 13.0. The number of amides is 1. The molecule has 0 unspecified atom stereocenters. The molecule has 0 radical (unpaired) electrons. The molecule has 1 amide bonds. The number of hydrogen-bond acceptors (Lipinski definition) is 1. The second-order valence-electron chi connectivity index (χ2n) is 5.66. The van der Waals surface area contributed by atoms with E-state index in [0.717, 1.165) is 18.4 Å². The van der Waals surface area contributed by atoms with Crippen LogP contribution in [0.15, 0.2) is 36.4 Å². The van der Waals surface area contributed by atoms with Crippen molar-refractivity contribution in [2.75, 3.05) is 5.32 Å². The van der Waals surface area contributed by atoms with Crippen LogP contribution in [0.4, 0.5) is 10.1 Å². The third kappa shape index (κ3) is 3.47. The monoisotopic (exact) mass is 317 g/mol. The van der Waals surface area contributed by atoms with E-state index in [9.17, 15) is 9.18 Å². The smallest absolute Gasteiger partial charge is 0.228 e. The Morgan fingerprint density at radius 3 is 2.64 bits per heavy atom. The van der Waals surface area contributed by atoms with E-state index in [-0.39, 0.29) is 10.9 Å². The molecule has 0 spiro atoms. The maximum Gasteiger partial charge on any atom is 0.228 e. The first kappa shape index (κ1) is 15.0. The Kier molecular flexibility index (Phi) is 4.44. The van der Waals surface area contributed by atoms with Crippen LogP contribution in [0, 0.1) is 5.82 Å². The van der Waals surface area contributed by atoms with Gasteiger partial charge in [0.1, 0.15) is 5.82 Å². The fourth-order valence-electron chi connectivity index (χ4n) is 2.87. The lowest BCUT2D eigenvalue weighted by Crippen LogP contribution is -2.15. The van der Waals surface area contributed by atoms with Gasteiger partial charge in [0.05, 0.1) is 17.1 Å². The Labute approximate surface area is 134 Å². The summed E-state index contributed by atoms with van der Waals surface area (Å²) in [6, 6.07) is 10.2. The van der Waals surface area contributed by atoms with Gasteiger partial charge in [0.2, 0.25) is 5.91 Å². The van der Waals surface area contributed by atoms with Crippen molar-refractivity contribution >= 4 is 23.2 Å². The summed E-state index contributed by atoms with van der Waals surface area (Å²) in [4.78, 5) is 12.1. The van der Waals surface area contributed by atoms with Gasteiger partial charge in [-0.05, 0) is 60.6 Å². The molecule has 1 aliphatic rings. The third-order valence-electron chi connectivity index (χ3n) is 3.98. The number of halogens is 2. The summed E-state index contributed by atoms with van der Waals surface area (Å²) in [5.41, 5.74) is 4.19. The molecule has 0 aromatic heterocycles. The van der Waals surface area contributed by atoms with E-state index in [4.69, 9.17) is 11.6 Å². The molecule has 0 saturated heterocycles. The summed E-state index contributed by atoms with van der Waals surface area (Å²) in [7, 11) is 0. The van der Waals surface area contributed by atoms with Crippen LogP contribution in [0.25, 0.3) is 0 Å². The number of anilines is 1. The summed E-state index contributed by atoms with van der Waals surface area (Å²) in [6.45, 7) is 0. The van der Waals surface area contributed by atoms with Gasteiger partial charge in [-0.2, -0.15) is 0 Å². The predicted molar refractivity (Wildman–Crippen MR) is 86.8 cm³/mol. The molecule has 114 valence electrons. The van der Waals surface area contributed by atoms with Crippen LogP contribution in [-0.4, -0.2) is 5.91 Å². The number of benzene rings is 2. The Morgan fingerprint density at radius 2 is 1.86 bits per heavy atom. The van der Waals surface area contributed by atoms with E-state index in [1.54, 1.807) is 0 Å². The largest absolute Gasteiger partial charge is 0.324 e. The van der Waals surface area contributed by atoms with Gasteiger partial charge in [0.15, 0.2) is 0 Å². The Balaban J connectivity index is 1.69. The van der Waals surface area contributed by atoms with E-state index >= 15 is 0 Å². The van der Waals surface area contributed by atoms with E-state index in [1.807, 2.05) is 6.07 Å². The highest BCUT2D eigenvalue weighted by molar-refractivity contribution is 6.33. The zero-order valence-corrected chi connectivity index (χ0v) is 12.9. The first-order valence-corrected chi connectivity index (χ1v) is 7.85. The molecule has 0 fully saturated rings. The fourth-order valence-corrected chi connectivity index (χ4v) is 3.08. The van der Waals surface area contributed by atoms with Crippen molar-refractivity contribution in [1.29, 1.82) is 0 Å². The molecule has 0 heterocycles. The van der Waals surface area contributed by atoms with Gasteiger partial charge >= 0.3 is 0 Å². The van der Waals surface area contributed by atoms with Crippen LogP contribution in [-0.2, 0) is 24.1 Å². The van der Waals surface area contributed by atoms with E-state index in [2.05, 4.69) is 17.4 Å². The van der Waals surface area contributed by atoms with E-state index in [0.29, 0.717) is 12.1 Å². The molecule has 4 heteroatoms. The van der Waals surface area contributed by atoms with Crippen LogP contribution in [0.2, 0.25) is 5.02 Å². The van der Waals surface area contributed by atoms with Crippen LogP contribution in [0.1, 0.15) is 29.5 Å². The van der Waals surface area contributed by atoms with Crippen molar-refractivity contribution < 1.29 is 9.18 Å². The van der Waals surface area contributed by atoms with E-state index in [1.165, 1.54) is 42.2 Å². The highest BCUT2D eigenvalue weighted by atomic mass is 35.5. The normalized spacial score (nSPS) is 13.5. The predicted octanol–water partition coefficient (Wildman–Crippen LogP) is 4.54. The zero-order chi connectivity index (χ0) is 15.5. The lowest BCUT2D eigenvalue weighted by Gasteiger charge is -2.16. The van der Waals surface area contributed by atoms with Crippen molar-refractivity contribution in [3.8, 4) is 0 Å². The lowest BCUT2D eigenvalue weighted by atomic mass is 9.90. The van der Waals surface area contributed by atoms with E-state index < -0.39 is 5.82 Å². The summed E-state index contributed by atoms with van der Waals surface area (Å²) in [6.07, 6.45) is 4.98. The SMILES string of the molecule is O=C(Cc1ccc2c(c1)CCCC2)Nc1ccc(F)cc1Cl. The third-order valence-corrected chi connectivity index (χ3v) is 4.30. The van der Waals surface area contributed by atoms with Crippen molar-refractivity contribution in [2.24, 2.45) is 0 Å². The minimum absolute atomic E-state index is 0.149. The molecule has 0 aliphatic heterocycles. The zero-order valence-electron chi connectivity index (χ0n) is 12.2. The number of rotatable bonds is 3. The maximum absolute atomic E-state index is 13.0. The number of fused-ring (bicyclic) bond motifs is 1. The lowest BCUT2D eigenvalue weighted by molar-refractivity contribution is -0.115. The van der Waals surface area contributed by atoms with Crippen LogP contribution < -0.4 is 5.32 Å². The van der Waals surface area contributed by atoms with Crippen molar-refractivity contribution in [1.82, 2.24) is 0 Å². The molecule has 1 aliphatic carbocycles. The number of carbonyl (C=O) groups excluding carboxylic acids is 1. The molecule has 2 nitrogen and oxygen atoms in total. The molecule has 0 saturated carbocycles. The second kappa shape index (κ2) is 6.49. The molecule has 0 bridgehead atoms. The van der Waals surface area contributed by atoms with Crippen molar-refractivity contribution in [2.45, 2.75) is 32.1 Å². The maximum atomic E-state index is 13.0. The number of carbonyl (C=O) groups is 1. The topological polar surface area (TPSA) is 29.1 Å². The number of aryl methyl sites for hydroxylation is 2. The standard InChI is InChI=1S/C18H17ClFNO/c19-16-11-15(20)7-8-17(16)21-18(22)10-12-5-6-13-3-1-2-4-14(13)9-12/h5-9,11H,1-4,10H2,(H,21,22). The molecular formula is C18H17ClFNO. The summed E-state index contributed by atoms with van der Waals surface area (Å²) in [5, 5.41) is 2.94. The Hall–Kier alpha value is -1.87. The number of hydrogen-bond donors (Lipinski definition) is 1. The highest BCUT2D eigenvalue weighted by Gasteiger charge is 2.12. The minimum Gasteiger partial charge on any atom is -0.324 e. The summed E-state index contributed by atoms with van der Waals surface area (Å²) >= 11 is 5.92. The van der Waals surface area contributed by atoms with Gasteiger partial charge < -0.3 is 5.32 Å². The van der Waals surface area contributed by atoms with Crippen molar-refractivity contribution in [3.63, 3.8) is 0 Å². The molecule has 0 atom stereocenters. The molecule has 3 rings (SSSR count). The van der Waals surface area contributed by atoms with Gasteiger partial charge in [-0.25, -0.2) is 4.39 Å². The molecule has 1 N–H and O–H groups in total. The van der Waals surface area contributed by atoms with Gasteiger partial charge in [-0.1, -0.05) is 29.8 Å². The van der Waals surface area contributed by atoms with Gasteiger partial charge in [-0.3, -0.25) is 4.79 Å². The van der Waals surface area contributed by atoms with Crippen molar-refractivity contribution in [3.05, 3.63) is 63.9 Å². The molecular weight excluding hydrogens is 301 g/mol. The second-order valence-corrected chi connectivity index (χ2v) is 6.07. The fraction of sp³-hybridized carbons (Fsp3) is 0.278. The first-order chi connectivity index (χ1) is 10.6. The van der Waals surface area contributed by atoms with Gasteiger partial charge in [-0.15, -0.1) is 0 Å². The highest BCUT2D eigenvalue weighted by Crippen LogP contribution is 2.24. The average Bonchev–Trinajstić information content (AvgIpc) is 2.50. The van der Waals surface area contributed by atoms with Crippen LogP contribution in [0.5, 0.6) is 0 Å². The quantitative estimate of drug-likeness (QED) is 0.884. The molecule has 2 aromatic rings. The number of nitrogens with one attached hydrogen (secondary N) is 1. The molecule has 22 heavy (non-hydrogen) atoms. The minimum atomic E-state index is -0.419. The average molecular weight is 318 g/mol. The Bertz CT molecular complexity index is 714. The Morgan fingerprint density at radius 1 is 1.09 bits per heavy atom. The molecule has 2 aromatic carbocycles. The van der Waals surface area contributed by atoms with Crippen LogP contribution >= 0.6 is 11.6 Å². The summed E-state index contributed by atoms with van der Waals surface area (Å²) in [5.74, 6) is -0.568. The first-order valence-electron chi connectivity index (χ1n) is 7.47. The van der Waals surface area contributed by atoms with Crippen LogP contribution in [0.3, 0.4) is 0 Å².